The van der Waals surface area contributed by atoms with E-state index in [0.29, 0.717) is 37.1 Å². The van der Waals surface area contributed by atoms with E-state index in [1.54, 1.807) is 24.3 Å². The maximum absolute atomic E-state index is 13.8. The summed E-state index contributed by atoms with van der Waals surface area (Å²) in [6.45, 7) is 13.1. The first-order chi connectivity index (χ1) is 24.9. The van der Waals surface area contributed by atoms with Crippen molar-refractivity contribution in [1.82, 2.24) is 9.80 Å². The van der Waals surface area contributed by atoms with E-state index in [2.05, 4.69) is 13.8 Å². The van der Waals surface area contributed by atoms with Crippen LogP contribution in [0.4, 0.5) is 0 Å². The summed E-state index contributed by atoms with van der Waals surface area (Å²) in [6, 6.07) is 4.82. The fraction of sp³-hybridized carbons (Fsp3) is 0.773. The SMILES string of the molecule is CCCCCCCCCCCCN(C(=O)c1ccc(C(=O)N(CCCCCCCCCCCC)C(=O)[C@@H](N)CC(C)C)cc1)C(=O)[C@@H](N)CC(C)C. The van der Waals surface area contributed by atoms with Crippen LogP contribution in [-0.4, -0.2) is 58.6 Å². The van der Waals surface area contributed by atoms with Gasteiger partial charge in [-0.3, -0.25) is 29.0 Å². The number of benzene rings is 1. The molecule has 298 valence electrons. The molecule has 0 heterocycles. The third-order valence-corrected chi connectivity index (χ3v) is 9.96. The molecule has 0 aliphatic heterocycles. The van der Waals surface area contributed by atoms with Crippen molar-refractivity contribution in [2.45, 2.75) is 195 Å². The van der Waals surface area contributed by atoms with Gasteiger partial charge in [0.25, 0.3) is 11.8 Å². The minimum atomic E-state index is -0.756. The van der Waals surface area contributed by atoms with Gasteiger partial charge in [0, 0.05) is 24.2 Å². The van der Waals surface area contributed by atoms with E-state index in [1.807, 2.05) is 27.7 Å². The number of carbonyl (C=O) groups is 4. The summed E-state index contributed by atoms with van der Waals surface area (Å²) in [4.78, 5) is 57.1. The molecule has 0 saturated carbocycles. The Labute approximate surface area is 318 Å². The highest BCUT2D eigenvalue weighted by Crippen LogP contribution is 2.18. The lowest BCUT2D eigenvalue weighted by atomic mass is 10.0. The van der Waals surface area contributed by atoms with Gasteiger partial charge in [-0.2, -0.15) is 0 Å². The first kappa shape index (κ1) is 47.4. The third kappa shape index (κ3) is 20.0. The molecule has 0 bridgehead atoms. The predicted octanol–water partition coefficient (Wildman–Crippen LogP) is 10.2. The Morgan fingerprint density at radius 1 is 0.462 bits per heavy atom. The van der Waals surface area contributed by atoms with Gasteiger partial charge in [0.2, 0.25) is 11.8 Å². The molecular weight excluding hydrogens is 649 g/mol. The van der Waals surface area contributed by atoms with Crippen molar-refractivity contribution in [2.24, 2.45) is 23.3 Å². The molecule has 1 aromatic carbocycles. The molecular formula is C44H78N4O4. The minimum Gasteiger partial charge on any atom is -0.320 e. The van der Waals surface area contributed by atoms with E-state index in [0.717, 1.165) is 51.4 Å². The maximum Gasteiger partial charge on any atom is 0.260 e. The average molecular weight is 727 g/mol. The van der Waals surface area contributed by atoms with Crippen LogP contribution in [0.2, 0.25) is 0 Å². The van der Waals surface area contributed by atoms with Crippen LogP contribution >= 0.6 is 0 Å². The Morgan fingerprint density at radius 3 is 0.962 bits per heavy atom. The van der Waals surface area contributed by atoms with Crippen LogP contribution in [0.25, 0.3) is 0 Å². The molecule has 8 heteroatoms. The quantitative estimate of drug-likeness (QED) is 0.0760. The van der Waals surface area contributed by atoms with Gasteiger partial charge in [-0.05, 0) is 61.8 Å². The normalized spacial score (nSPS) is 12.7. The summed E-state index contributed by atoms with van der Waals surface area (Å²) in [5, 5.41) is 0. The number of amides is 4. The Hall–Kier alpha value is -2.58. The summed E-state index contributed by atoms with van der Waals surface area (Å²) in [7, 11) is 0. The van der Waals surface area contributed by atoms with Crippen molar-refractivity contribution in [3.8, 4) is 0 Å². The van der Waals surface area contributed by atoms with Gasteiger partial charge < -0.3 is 11.5 Å². The van der Waals surface area contributed by atoms with Crippen molar-refractivity contribution in [3.63, 3.8) is 0 Å². The van der Waals surface area contributed by atoms with E-state index >= 15 is 0 Å². The number of rotatable bonds is 30. The molecule has 0 aromatic heterocycles. The molecule has 0 aliphatic carbocycles. The smallest absolute Gasteiger partial charge is 0.260 e. The molecule has 8 nitrogen and oxygen atoms in total. The van der Waals surface area contributed by atoms with Crippen LogP contribution in [-0.2, 0) is 9.59 Å². The van der Waals surface area contributed by atoms with Gasteiger partial charge >= 0.3 is 0 Å². The zero-order valence-corrected chi connectivity index (χ0v) is 34.3. The second kappa shape index (κ2) is 28.9. The van der Waals surface area contributed by atoms with Crippen molar-refractivity contribution in [3.05, 3.63) is 35.4 Å². The van der Waals surface area contributed by atoms with Crippen molar-refractivity contribution >= 4 is 23.6 Å². The first-order valence-electron chi connectivity index (χ1n) is 21.3. The van der Waals surface area contributed by atoms with Crippen LogP contribution in [0.3, 0.4) is 0 Å². The fourth-order valence-corrected chi connectivity index (χ4v) is 6.82. The molecule has 4 N–H and O–H groups in total. The fourth-order valence-electron chi connectivity index (χ4n) is 6.82. The topological polar surface area (TPSA) is 127 Å². The Morgan fingerprint density at radius 2 is 0.712 bits per heavy atom. The highest BCUT2D eigenvalue weighted by Gasteiger charge is 2.30. The third-order valence-electron chi connectivity index (χ3n) is 9.96. The molecule has 0 spiro atoms. The summed E-state index contributed by atoms with van der Waals surface area (Å²) < 4.78 is 0. The van der Waals surface area contributed by atoms with Crippen LogP contribution in [0.5, 0.6) is 0 Å². The van der Waals surface area contributed by atoms with Crippen LogP contribution in [0, 0.1) is 11.8 Å². The standard InChI is InChI=1S/C44H78N4O4/c1-7-9-11-13-15-17-19-21-23-25-31-47(43(51)39(45)33-35(3)4)41(49)37-27-29-38(30-28-37)42(50)48(44(52)40(46)34-36(5)6)32-26-24-22-20-18-16-14-12-10-8-2/h27-30,35-36,39-40H,7-26,31-34,45-46H2,1-6H3/t39-,40-/m0/s1. The van der Waals surface area contributed by atoms with Gasteiger partial charge in [0.1, 0.15) is 0 Å². The molecule has 1 aromatic rings. The summed E-state index contributed by atoms with van der Waals surface area (Å²) in [5.74, 6) is -1.09. The van der Waals surface area contributed by atoms with Crippen LogP contribution in [0.1, 0.15) is 204 Å². The lowest BCUT2D eigenvalue weighted by Crippen LogP contribution is -2.48. The number of nitrogens with zero attached hydrogens (tertiary/aromatic N) is 2. The van der Waals surface area contributed by atoms with Gasteiger partial charge in [-0.25, -0.2) is 0 Å². The van der Waals surface area contributed by atoms with E-state index in [4.69, 9.17) is 11.5 Å². The van der Waals surface area contributed by atoms with E-state index in [9.17, 15) is 19.2 Å². The van der Waals surface area contributed by atoms with Crippen LogP contribution < -0.4 is 11.5 Å². The molecule has 0 fully saturated rings. The molecule has 0 saturated heterocycles. The predicted molar refractivity (Wildman–Crippen MR) is 217 cm³/mol. The minimum absolute atomic E-state index is 0.221. The monoisotopic (exact) mass is 727 g/mol. The lowest BCUT2D eigenvalue weighted by molar-refractivity contribution is -0.131. The number of carbonyl (C=O) groups excluding carboxylic acids is 4. The highest BCUT2D eigenvalue weighted by molar-refractivity contribution is 6.08. The van der Waals surface area contributed by atoms with Gasteiger partial charge in [0.15, 0.2) is 0 Å². The number of unbranched alkanes of at least 4 members (excludes halogenated alkanes) is 18. The summed E-state index contributed by atoms with van der Waals surface area (Å²) >= 11 is 0. The van der Waals surface area contributed by atoms with Gasteiger partial charge in [-0.15, -0.1) is 0 Å². The second-order valence-corrected chi connectivity index (χ2v) is 16.0. The molecule has 1 rings (SSSR count). The van der Waals surface area contributed by atoms with Crippen molar-refractivity contribution < 1.29 is 19.2 Å². The Balaban J connectivity index is 2.95. The molecule has 0 aliphatic rings. The molecule has 0 radical (unpaired) electrons. The van der Waals surface area contributed by atoms with E-state index < -0.39 is 23.9 Å². The van der Waals surface area contributed by atoms with Crippen LogP contribution in [0.15, 0.2) is 24.3 Å². The number of imide groups is 2. The lowest BCUT2D eigenvalue weighted by Gasteiger charge is -2.26. The maximum atomic E-state index is 13.8. The average Bonchev–Trinajstić information content (AvgIpc) is 3.11. The van der Waals surface area contributed by atoms with Crippen molar-refractivity contribution in [1.29, 1.82) is 0 Å². The second-order valence-electron chi connectivity index (χ2n) is 16.0. The number of nitrogens with two attached hydrogens (primary N) is 2. The Bertz CT molecular complexity index is 1030. The van der Waals surface area contributed by atoms with Gasteiger partial charge in [-0.1, -0.05) is 157 Å². The summed E-state index contributed by atoms with van der Waals surface area (Å²) in [5.41, 5.74) is 13.2. The molecule has 2 atom stereocenters. The van der Waals surface area contributed by atoms with Gasteiger partial charge in [0.05, 0.1) is 12.1 Å². The molecule has 0 unspecified atom stereocenters. The Kier molecular flexibility index (Phi) is 26.3. The highest BCUT2D eigenvalue weighted by atomic mass is 16.2. The summed E-state index contributed by atoms with van der Waals surface area (Å²) in [6.07, 6.45) is 24.1. The number of hydrogen-bond donors (Lipinski definition) is 2. The van der Waals surface area contributed by atoms with E-state index in [1.165, 1.54) is 86.8 Å². The zero-order chi connectivity index (χ0) is 38.7. The molecule has 4 amide bonds. The first-order valence-corrected chi connectivity index (χ1v) is 21.3. The molecule has 52 heavy (non-hydrogen) atoms. The number of hydrogen-bond acceptors (Lipinski definition) is 6. The zero-order valence-electron chi connectivity index (χ0n) is 34.3. The largest absolute Gasteiger partial charge is 0.320 e. The van der Waals surface area contributed by atoms with E-state index in [-0.39, 0.29) is 23.7 Å². The van der Waals surface area contributed by atoms with Crippen molar-refractivity contribution in [2.75, 3.05) is 13.1 Å².